The Bertz CT molecular complexity index is 1030. The van der Waals surface area contributed by atoms with Gasteiger partial charge in [0.05, 0.1) is 11.6 Å². The molecule has 9 heteroatoms. The van der Waals surface area contributed by atoms with Gasteiger partial charge in [0.2, 0.25) is 0 Å². The van der Waals surface area contributed by atoms with E-state index in [-0.39, 0.29) is 25.5 Å². The molecule has 168 valence electrons. The number of carbonyl (C=O) groups excluding carboxylic acids is 2. The lowest BCUT2D eigenvalue weighted by Gasteiger charge is -2.52. The predicted octanol–water partition coefficient (Wildman–Crippen LogP) is 2.21. The van der Waals surface area contributed by atoms with Gasteiger partial charge in [-0.25, -0.2) is 8.78 Å². The average molecular weight is 444 g/mol. The van der Waals surface area contributed by atoms with Gasteiger partial charge in [-0.3, -0.25) is 9.59 Å². The minimum atomic E-state index is -0.872. The van der Waals surface area contributed by atoms with Crippen molar-refractivity contribution in [2.75, 3.05) is 13.2 Å². The lowest BCUT2D eigenvalue weighted by molar-refractivity contribution is -0.129. The van der Waals surface area contributed by atoms with Gasteiger partial charge in [-0.1, -0.05) is 0 Å². The van der Waals surface area contributed by atoms with Crippen LogP contribution in [0.25, 0.3) is 0 Å². The lowest BCUT2D eigenvalue weighted by Crippen LogP contribution is -2.65. The quantitative estimate of drug-likeness (QED) is 0.580. The molecule has 3 aliphatic carbocycles. The molecular weight excluding hydrogens is 422 g/mol. The van der Waals surface area contributed by atoms with Crippen LogP contribution < -0.4 is 20.1 Å². The van der Waals surface area contributed by atoms with Crippen molar-refractivity contribution < 1.29 is 33.0 Å². The summed E-state index contributed by atoms with van der Waals surface area (Å²) in [5.74, 6) is -0.841. The third-order valence-electron chi connectivity index (χ3n) is 5.57. The number of fused-ring (bicyclic) bond motifs is 2. The van der Waals surface area contributed by atoms with Crippen molar-refractivity contribution in [3.05, 3.63) is 71.4 Å². The molecule has 3 N–H and O–H groups in total. The van der Waals surface area contributed by atoms with Crippen LogP contribution in [0.4, 0.5) is 8.78 Å². The van der Waals surface area contributed by atoms with Crippen LogP contribution in [-0.4, -0.2) is 41.8 Å². The molecule has 0 saturated heterocycles. The van der Waals surface area contributed by atoms with Crippen LogP contribution in [0.3, 0.4) is 0 Å². The fraction of sp³-hybridized carbons (Fsp3) is 0.304. The highest BCUT2D eigenvalue weighted by Crippen LogP contribution is 2.47. The standard InChI is InChI=1S/C23H22F2N2O5/c24-15-1-5-17(6-2-15)31-12-21(29)26-19-9-20(28)23(10-14(19)11-23)27-22(30)13-32-18-7-3-16(25)4-8-18/h1-8,20,28H,9-13H2,(H,26,29)(H,27,30)/t20-/m0/s1. The lowest BCUT2D eigenvalue weighted by atomic mass is 9.62. The Kier molecular flexibility index (Phi) is 6.09. The highest BCUT2D eigenvalue weighted by atomic mass is 19.1. The number of nitrogens with one attached hydrogen (secondary N) is 2. The molecule has 5 rings (SSSR count). The van der Waals surface area contributed by atoms with Crippen LogP contribution in [0.2, 0.25) is 0 Å². The SMILES string of the molecule is O=C(COc1ccc(F)cc1)NC1=C2CC(NC(=O)COc3ccc(F)cc3)(C2)[C@@H](O)C1. The summed E-state index contributed by atoms with van der Waals surface area (Å²) in [4.78, 5) is 24.5. The summed E-state index contributed by atoms with van der Waals surface area (Å²) in [6.45, 7) is -0.509. The van der Waals surface area contributed by atoms with Crippen molar-refractivity contribution in [3.63, 3.8) is 0 Å². The molecule has 32 heavy (non-hydrogen) atoms. The molecule has 1 fully saturated rings. The van der Waals surface area contributed by atoms with Crippen molar-refractivity contribution in [1.82, 2.24) is 10.6 Å². The molecule has 0 aliphatic heterocycles. The van der Waals surface area contributed by atoms with Crippen molar-refractivity contribution in [1.29, 1.82) is 0 Å². The molecule has 2 amide bonds. The molecule has 1 atom stereocenters. The molecule has 0 radical (unpaired) electrons. The first kappa shape index (κ1) is 21.8. The molecule has 0 heterocycles. The van der Waals surface area contributed by atoms with Gasteiger partial charge in [0, 0.05) is 12.1 Å². The van der Waals surface area contributed by atoms with Crippen LogP contribution >= 0.6 is 0 Å². The normalized spacial score (nSPS) is 21.4. The second-order valence-corrected chi connectivity index (χ2v) is 7.89. The van der Waals surface area contributed by atoms with Gasteiger partial charge in [0.15, 0.2) is 13.2 Å². The van der Waals surface area contributed by atoms with Gasteiger partial charge in [-0.2, -0.15) is 0 Å². The second kappa shape index (κ2) is 8.96. The predicted molar refractivity (Wildman–Crippen MR) is 110 cm³/mol. The number of halogens is 2. The third-order valence-corrected chi connectivity index (χ3v) is 5.57. The minimum Gasteiger partial charge on any atom is -0.484 e. The Hall–Kier alpha value is -3.46. The van der Waals surface area contributed by atoms with Crippen molar-refractivity contribution in [2.45, 2.75) is 30.9 Å². The third kappa shape index (κ3) is 4.88. The highest BCUT2D eigenvalue weighted by molar-refractivity contribution is 5.81. The number of rotatable bonds is 8. The van der Waals surface area contributed by atoms with Crippen LogP contribution in [0, 0.1) is 11.6 Å². The monoisotopic (exact) mass is 444 g/mol. The zero-order chi connectivity index (χ0) is 22.7. The van der Waals surface area contributed by atoms with Gasteiger partial charge >= 0.3 is 0 Å². The Labute approximate surface area is 183 Å². The van der Waals surface area contributed by atoms with Crippen molar-refractivity contribution >= 4 is 11.8 Å². The second-order valence-electron chi connectivity index (χ2n) is 7.89. The Morgan fingerprint density at radius 2 is 1.41 bits per heavy atom. The van der Waals surface area contributed by atoms with E-state index in [2.05, 4.69) is 10.6 Å². The van der Waals surface area contributed by atoms with E-state index in [0.717, 1.165) is 5.57 Å². The number of hydrogen-bond donors (Lipinski definition) is 3. The van der Waals surface area contributed by atoms with Crippen LogP contribution in [-0.2, 0) is 9.59 Å². The van der Waals surface area contributed by atoms with Gasteiger partial charge in [-0.05, 0) is 66.9 Å². The molecule has 0 aromatic heterocycles. The van der Waals surface area contributed by atoms with E-state index < -0.39 is 29.2 Å². The molecule has 0 unspecified atom stereocenters. The number of amides is 2. The molecule has 0 spiro atoms. The van der Waals surface area contributed by atoms with Gasteiger partial charge < -0.3 is 25.2 Å². The number of aliphatic hydroxyl groups is 1. The fourth-order valence-electron chi connectivity index (χ4n) is 3.88. The number of ether oxygens (including phenoxy) is 2. The van der Waals surface area contributed by atoms with E-state index in [1.54, 1.807) is 0 Å². The Morgan fingerprint density at radius 3 is 1.91 bits per heavy atom. The summed E-state index contributed by atoms with van der Waals surface area (Å²) in [6, 6.07) is 10.7. The van der Waals surface area contributed by atoms with Crippen molar-refractivity contribution in [3.8, 4) is 11.5 Å². The summed E-state index contributed by atoms with van der Waals surface area (Å²) < 4.78 is 36.5. The number of benzene rings is 2. The maximum absolute atomic E-state index is 12.9. The maximum atomic E-state index is 12.9. The maximum Gasteiger partial charge on any atom is 0.262 e. The molecule has 3 aliphatic rings. The first-order valence-corrected chi connectivity index (χ1v) is 10.1. The molecule has 2 aromatic carbocycles. The minimum absolute atomic E-state index is 0.191. The van der Waals surface area contributed by atoms with E-state index in [4.69, 9.17) is 9.47 Å². The van der Waals surface area contributed by atoms with Gasteiger partial charge in [0.25, 0.3) is 11.8 Å². The fourth-order valence-corrected chi connectivity index (χ4v) is 3.88. The number of hydrogen-bond acceptors (Lipinski definition) is 5. The summed E-state index contributed by atoms with van der Waals surface area (Å²) in [6.07, 6.45) is 0.162. The number of aliphatic hydroxyl groups excluding tert-OH is 1. The van der Waals surface area contributed by atoms with E-state index in [1.807, 2.05) is 0 Å². The summed E-state index contributed by atoms with van der Waals surface area (Å²) >= 11 is 0. The number of carbonyl (C=O) groups is 2. The Morgan fingerprint density at radius 1 is 0.906 bits per heavy atom. The molecule has 7 nitrogen and oxygen atoms in total. The topological polar surface area (TPSA) is 96.9 Å². The van der Waals surface area contributed by atoms with Crippen LogP contribution in [0.1, 0.15) is 19.3 Å². The molecule has 1 saturated carbocycles. The zero-order valence-corrected chi connectivity index (χ0v) is 17.1. The first-order chi connectivity index (χ1) is 15.3. The van der Waals surface area contributed by atoms with E-state index in [0.29, 0.717) is 30.0 Å². The summed E-state index contributed by atoms with van der Waals surface area (Å²) in [7, 11) is 0. The van der Waals surface area contributed by atoms with Crippen LogP contribution in [0.15, 0.2) is 59.8 Å². The van der Waals surface area contributed by atoms with Gasteiger partial charge in [-0.15, -0.1) is 0 Å². The molecule has 2 bridgehead atoms. The largest absolute Gasteiger partial charge is 0.484 e. The molecule has 2 aromatic rings. The Balaban J connectivity index is 1.26. The zero-order valence-electron chi connectivity index (χ0n) is 17.1. The summed E-state index contributed by atoms with van der Waals surface area (Å²) in [5, 5.41) is 16.2. The van der Waals surface area contributed by atoms with Crippen LogP contribution in [0.5, 0.6) is 11.5 Å². The van der Waals surface area contributed by atoms with E-state index in [9.17, 15) is 23.5 Å². The smallest absolute Gasteiger partial charge is 0.262 e. The first-order valence-electron chi connectivity index (χ1n) is 10.1. The average Bonchev–Trinajstić information content (AvgIpc) is 2.74. The van der Waals surface area contributed by atoms with E-state index in [1.165, 1.54) is 48.5 Å². The molecular formula is C23H22F2N2O5. The summed E-state index contributed by atoms with van der Waals surface area (Å²) in [5.41, 5.74) is 0.798. The van der Waals surface area contributed by atoms with Crippen molar-refractivity contribution in [2.24, 2.45) is 0 Å². The highest BCUT2D eigenvalue weighted by Gasteiger charge is 2.52. The van der Waals surface area contributed by atoms with E-state index >= 15 is 0 Å². The van der Waals surface area contributed by atoms with Gasteiger partial charge in [0.1, 0.15) is 23.1 Å².